The summed E-state index contributed by atoms with van der Waals surface area (Å²) in [5.74, 6) is 0.432. The molecule has 1 aromatic rings. The van der Waals surface area contributed by atoms with Crippen molar-refractivity contribution in [1.82, 2.24) is 4.90 Å². The van der Waals surface area contributed by atoms with E-state index >= 15 is 0 Å². The van der Waals surface area contributed by atoms with E-state index in [1.54, 1.807) is 0 Å². The van der Waals surface area contributed by atoms with Crippen LogP contribution in [0.2, 0.25) is 0 Å². The molecular weight excluding hydrogens is 322 g/mol. The molecule has 5 heteroatoms. The lowest BCUT2D eigenvalue weighted by molar-refractivity contribution is -0.133. The molecule has 1 heterocycles. The molecule has 1 atom stereocenters. The van der Waals surface area contributed by atoms with Gasteiger partial charge in [-0.15, -0.1) is 0 Å². The first-order valence-electron chi connectivity index (χ1n) is 8.88. The fraction of sp³-hybridized carbons (Fsp3) is 0.632. The van der Waals surface area contributed by atoms with E-state index in [1.165, 1.54) is 16.7 Å². The van der Waals surface area contributed by atoms with Crippen LogP contribution in [-0.2, 0) is 21.1 Å². The number of carbonyl (C=O) groups is 1. The standard InChI is InChI=1S/C19H29NO3S/c1-4-5-11-20(18-10-12-24(22,23)14-18)19(21)9-8-17-7-6-15(2)13-16(17)3/h6-7,13,18H,4-5,8-12,14H2,1-3H3. The van der Waals surface area contributed by atoms with E-state index in [0.717, 1.165) is 12.8 Å². The van der Waals surface area contributed by atoms with Crippen molar-refractivity contribution in [2.24, 2.45) is 0 Å². The fourth-order valence-electron chi connectivity index (χ4n) is 3.37. The van der Waals surface area contributed by atoms with Crippen LogP contribution in [0, 0.1) is 13.8 Å². The number of hydrogen-bond acceptors (Lipinski definition) is 3. The van der Waals surface area contributed by atoms with E-state index < -0.39 is 9.84 Å². The Bertz CT molecular complexity index is 682. The Hall–Kier alpha value is -1.36. The molecule has 1 aliphatic rings. The minimum absolute atomic E-state index is 0.0884. The third-order valence-electron chi connectivity index (χ3n) is 4.83. The predicted octanol–water partition coefficient (Wildman–Crippen LogP) is 3.05. The van der Waals surface area contributed by atoms with Crippen molar-refractivity contribution >= 4 is 15.7 Å². The van der Waals surface area contributed by atoms with Gasteiger partial charge in [0.05, 0.1) is 11.5 Å². The van der Waals surface area contributed by atoms with Gasteiger partial charge in [-0.3, -0.25) is 4.79 Å². The van der Waals surface area contributed by atoms with Crippen molar-refractivity contribution in [1.29, 1.82) is 0 Å². The van der Waals surface area contributed by atoms with Crippen LogP contribution in [0.3, 0.4) is 0 Å². The summed E-state index contributed by atoms with van der Waals surface area (Å²) in [6.45, 7) is 6.90. The highest BCUT2D eigenvalue weighted by Gasteiger charge is 2.34. The number of benzene rings is 1. The van der Waals surface area contributed by atoms with Gasteiger partial charge in [0, 0.05) is 19.0 Å². The summed E-state index contributed by atoms with van der Waals surface area (Å²) in [4.78, 5) is 14.6. The van der Waals surface area contributed by atoms with Gasteiger partial charge < -0.3 is 4.90 Å². The van der Waals surface area contributed by atoms with E-state index in [1.807, 2.05) is 4.90 Å². The Morgan fingerprint density at radius 3 is 2.62 bits per heavy atom. The molecule has 0 N–H and O–H groups in total. The van der Waals surface area contributed by atoms with Crippen LogP contribution in [-0.4, -0.2) is 43.3 Å². The number of hydrogen-bond donors (Lipinski definition) is 0. The van der Waals surface area contributed by atoms with Gasteiger partial charge in [0.2, 0.25) is 5.91 Å². The maximum atomic E-state index is 12.7. The van der Waals surface area contributed by atoms with Crippen molar-refractivity contribution in [3.63, 3.8) is 0 Å². The van der Waals surface area contributed by atoms with Crippen LogP contribution in [0.4, 0.5) is 0 Å². The van der Waals surface area contributed by atoms with Crippen molar-refractivity contribution in [3.05, 3.63) is 34.9 Å². The average Bonchev–Trinajstić information content (AvgIpc) is 2.86. The summed E-state index contributed by atoms with van der Waals surface area (Å²) < 4.78 is 23.5. The molecule has 0 spiro atoms. The zero-order chi connectivity index (χ0) is 17.7. The molecule has 134 valence electrons. The lowest BCUT2D eigenvalue weighted by atomic mass is 10.0. The summed E-state index contributed by atoms with van der Waals surface area (Å²) in [6, 6.07) is 6.17. The number of nitrogens with zero attached hydrogens (tertiary/aromatic N) is 1. The summed E-state index contributed by atoms with van der Waals surface area (Å²) in [7, 11) is -2.97. The largest absolute Gasteiger partial charge is 0.339 e. The third kappa shape index (κ3) is 5.07. The van der Waals surface area contributed by atoms with Gasteiger partial charge >= 0.3 is 0 Å². The van der Waals surface area contributed by atoms with E-state index in [-0.39, 0.29) is 23.5 Å². The highest BCUT2D eigenvalue weighted by molar-refractivity contribution is 7.91. The summed E-state index contributed by atoms with van der Waals surface area (Å²) >= 11 is 0. The van der Waals surface area contributed by atoms with Crippen molar-refractivity contribution in [2.75, 3.05) is 18.1 Å². The fourth-order valence-corrected chi connectivity index (χ4v) is 5.10. The second-order valence-electron chi connectivity index (χ2n) is 6.93. The zero-order valence-electron chi connectivity index (χ0n) is 15.0. The van der Waals surface area contributed by atoms with Gasteiger partial charge in [0.25, 0.3) is 0 Å². The van der Waals surface area contributed by atoms with Gasteiger partial charge in [0.15, 0.2) is 9.84 Å². The Labute approximate surface area is 146 Å². The third-order valence-corrected chi connectivity index (χ3v) is 6.58. The van der Waals surface area contributed by atoms with E-state index in [9.17, 15) is 13.2 Å². The number of sulfone groups is 1. The lowest BCUT2D eigenvalue weighted by Crippen LogP contribution is -2.41. The van der Waals surface area contributed by atoms with Gasteiger partial charge in [-0.2, -0.15) is 0 Å². The summed E-state index contributed by atoms with van der Waals surface area (Å²) in [5.41, 5.74) is 3.64. The maximum Gasteiger partial charge on any atom is 0.223 e. The Kier molecular flexibility index (Phi) is 6.44. The van der Waals surface area contributed by atoms with Gasteiger partial charge in [-0.05, 0) is 44.2 Å². The molecule has 0 aromatic heterocycles. The normalized spacial score (nSPS) is 19.4. The average molecular weight is 352 g/mol. The second-order valence-corrected chi connectivity index (χ2v) is 9.16. The number of unbranched alkanes of at least 4 members (excludes halogenated alkanes) is 1. The highest BCUT2D eigenvalue weighted by Crippen LogP contribution is 2.20. The number of amides is 1. The van der Waals surface area contributed by atoms with Crippen LogP contribution in [0.25, 0.3) is 0 Å². The first-order chi connectivity index (χ1) is 11.3. The molecule has 0 bridgehead atoms. The van der Waals surface area contributed by atoms with Crippen LogP contribution in [0.5, 0.6) is 0 Å². The van der Waals surface area contributed by atoms with Crippen LogP contribution < -0.4 is 0 Å². The highest BCUT2D eigenvalue weighted by atomic mass is 32.2. The molecule has 1 fully saturated rings. The minimum Gasteiger partial charge on any atom is -0.339 e. The second kappa shape index (κ2) is 8.15. The first kappa shape index (κ1) is 19.0. The minimum atomic E-state index is -2.97. The SMILES string of the molecule is CCCCN(C(=O)CCc1ccc(C)cc1C)C1CCS(=O)(=O)C1. The quantitative estimate of drug-likeness (QED) is 0.759. The van der Waals surface area contributed by atoms with Gasteiger partial charge in [-0.25, -0.2) is 8.42 Å². The first-order valence-corrected chi connectivity index (χ1v) is 10.7. The molecule has 1 saturated heterocycles. The monoisotopic (exact) mass is 351 g/mol. The zero-order valence-corrected chi connectivity index (χ0v) is 15.9. The summed E-state index contributed by atoms with van der Waals surface area (Å²) in [5, 5.41) is 0. The molecule has 2 rings (SSSR count). The molecule has 24 heavy (non-hydrogen) atoms. The number of carbonyl (C=O) groups excluding carboxylic acids is 1. The van der Waals surface area contributed by atoms with E-state index in [4.69, 9.17) is 0 Å². The molecule has 1 aliphatic heterocycles. The molecular formula is C19H29NO3S. The molecule has 1 amide bonds. The van der Waals surface area contributed by atoms with Crippen molar-refractivity contribution in [2.45, 2.75) is 58.9 Å². The molecule has 1 unspecified atom stereocenters. The van der Waals surface area contributed by atoms with Crippen LogP contribution >= 0.6 is 0 Å². The van der Waals surface area contributed by atoms with E-state index in [2.05, 4.69) is 39.0 Å². The van der Waals surface area contributed by atoms with Crippen molar-refractivity contribution < 1.29 is 13.2 Å². The molecule has 1 aromatic carbocycles. The number of rotatable bonds is 7. The summed E-state index contributed by atoms with van der Waals surface area (Å²) in [6.07, 6.45) is 3.67. The van der Waals surface area contributed by atoms with Crippen LogP contribution in [0.1, 0.15) is 49.3 Å². The Morgan fingerprint density at radius 2 is 2.04 bits per heavy atom. The molecule has 0 aliphatic carbocycles. The van der Waals surface area contributed by atoms with E-state index in [0.29, 0.717) is 25.8 Å². The maximum absolute atomic E-state index is 12.7. The predicted molar refractivity (Wildman–Crippen MR) is 97.9 cm³/mol. The number of aryl methyl sites for hydroxylation is 3. The van der Waals surface area contributed by atoms with Crippen molar-refractivity contribution in [3.8, 4) is 0 Å². The lowest BCUT2D eigenvalue weighted by Gasteiger charge is -2.28. The topological polar surface area (TPSA) is 54.5 Å². The van der Waals surface area contributed by atoms with Gasteiger partial charge in [0.1, 0.15) is 0 Å². The molecule has 4 nitrogen and oxygen atoms in total. The molecule has 0 radical (unpaired) electrons. The Balaban J connectivity index is 2.02. The van der Waals surface area contributed by atoms with Gasteiger partial charge in [-0.1, -0.05) is 37.1 Å². The smallest absolute Gasteiger partial charge is 0.223 e. The molecule has 0 saturated carbocycles. The Morgan fingerprint density at radius 1 is 1.29 bits per heavy atom. The van der Waals surface area contributed by atoms with Crippen LogP contribution in [0.15, 0.2) is 18.2 Å².